The minimum atomic E-state index is -3.61. The minimum Gasteiger partial charge on any atom is -0.320 e. The first-order valence-electron chi connectivity index (χ1n) is 9.00. The van der Waals surface area contributed by atoms with E-state index in [-0.39, 0.29) is 4.90 Å². The van der Waals surface area contributed by atoms with Crippen LogP contribution in [0, 0.1) is 10.6 Å². The maximum Gasteiger partial charge on any atom is 0.243 e. The van der Waals surface area contributed by atoms with Crippen LogP contribution in [0.4, 0.5) is 4.39 Å². The summed E-state index contributed by atoms with van der Waals surface area (Å²) in [5.41, 5.74) is 2.14. The monoisotopic (exact) mass is 420 g/mol. The van der Waals surface area contributed by atoms with Gasteiger partial charge in [0.25, 0.3) is 0 Å². The molecular formula is C19H21FN4O2S2. The molecule has 4 rings (SSSR count). The maximum absolute atomic E-state index is 13.1. The fourth-order valence-electron chi connectivity index (χ4n) is 3.57. The second-order valence-corrected chi connectivity index (χ2v) is 9.18. The Morgan fingerprint density at radius 1 is 0.964 bits per heavy atom. The molecule has 0 bridgehead atoms. The lowest BCUT2D eigenvalue weighted by molar-refractivity contribution is 0.153. The van der Waals surface area contributed by atoms with Crippen molar-refractivity contribution in [1.82, 2.24) is 18.3 Å². The average molecular weight is 421 g/mol. The SMILES string of the molecule is Cn1c(=S)n(CN2CCN(S(=O)(=O)c3ccc(F)cc3)CC2)c2ccccc21. The summed E-state index contributed by atoms with van der Waals surface area (Å²) in [5, 5.41) is 0. The lowest BCUT2D eigenvalue weighted by Gasteiger charge is -2.34. The molecular weight excluding hydrogens is 399 g/mol. The maximum atomic E-state index is 13.1. The molecule has 1 aromatic heterocycles. The molecule has 1 aliphatic heterocycles. The van der Waals surface area contributed by atoms with Crippen LogP contribution in [0.25, 0.3) is 11.0 Å². The molecule has 148 valence electrons. The summed E-state index contributed by atoms with van der Waals surface area (Å²) in [6.45, 7) is 2.59. The van der Waals surface area contributed by atoms with E-state index in [1.54, 1.807) is 0 Å². The quantitative estimate of drug-likeness (QED) is 0.609. The van der Waals surface area contributed by atoms with Crippen LogP contribution in [0.15, 0.2) is 53.4 Å². The Bertz CT molecular complexity index is 1160. The predicted octanol–water partition coefficient (Wildman–Crippen LogP) is 2.81. The van der Waals surface area contributed by atoms with Crippen molar-refractivity contribution in [2.24, 2.45) is 7.05 Å². The highest BCUT2D eigenvalue weighted by atomic mass is 32.2. The second-order valence-electron chi connectivity index (χ2n) is 6.88. The highest BCUT2D eigenvalue weighted by Gasteiger charge is 2.28. The van der Waals surface area contributed by atoms with E-state index < -0.39 is 15.8 Å². The number of benzene rings is 2. The largest absolute Gasteiger partial charge is 0.320 e. The zero-order valence-electron chi connectivity index (χ0n) is 15.5. The van der Waals surface area contributed by atoms with Crippen molar-refractivity contribution in [3.63, 3.8) is 0 Å². The Morgan fingerprint density at radius 2 is 1.57 bits per heavy atom. The summed E-state index contributed by atoms with van der Waals surface area (Å²) in [4.78, 5) is 2.32. The van der Waals surface area contributed by atoms with Crippen molar-refractivity contribution in [2.75, 3.05) is 26.2 Å². The number of para-hydroxylation sites is 2. The van der Waals surface area contributed by atoms with Crippen LogP contribution >= 0.6 is 12.2 Å². The first-order chi connectivity index (χ1) is 13.4. The molecule has 3 aromatic rings. The minimum absolute atomic E-state index is 0.124. The average Bonchev–Trinajstić information content (AvgIpc) is 2.94. The Kier molecular flexibility index (Phi) is 5.09. The number of hydrogen-bond donors (Lipinski definition) is 0. The summed E-state index contributed by atoms with van der Waals surface area (Å²) in [6, 6.07) is 13.0. The second kappa shape index (κ2) is 7.40. The molecule has 1 fully saturated rings. The van der Waals surface area contributed by atoms with E-state index in [9.17, 15) is 12.8 Å². The van der Waals surface area contributed by atoms with Gasteiger partial charge < -0.3 is 9.13 Å². The Labute approximate surface area is 168 Å². The summed E-state index contributed by atoms with van der Waals surface area (Å²) in [5.74, 6) is -0.449. The molecule has 28 heavy (non-hydrogen) atoms. The Hall–Kier alpha value is -2.07. The molecule has 0 radical (unpaired) electrons. The number of aryl methyl sites for hydroxylation is 1. The third-order valence-electron chi connectivity index (χ3n) is 5.18. The van der Waals surface area contributed by atoms with E-state index >= 15 is 0 Å². The first kappa shape index (κ1) is 19.3. The first-order valence-corrected chi connectivity index (χ1v) is 10.8. The standard InChI is InChI=1S/C19H21FN4O2S2/c1-21-17-4-2-3-5-18(17)24(19(21)27)14-22-10-12-23(13-11-22)28(25,26)16-8-6-15(20)7-9-16/h2-9H,10-14H2,1H3. The molecule has 0 saturated carbocycles. The molecule has 0 unspecified atom stereocenters. The van der Waals surface area contributed by atoms with Crippen molar-refractivity contribution >= 4 is 33.3 Å². The zero-order chi connectivity index (χ0) is 19.9. The lowest BCUT2D eigenvalue weighted by atomic mass is 10.3. The van der Waals surface area contributed by atoms with Gasteiger partial charge >= 0.3 is 0 Å². The number of piperazine rings is 1. The molecule has 6 nitrogen and oxygen atoms in total. The lowest BCUT2D eigenvalue weighted by Crippen LogP contribution is -2.48. The molecule has 0 spiro atoms. The van der Waals surface area contributed by atoms with Gasteiger partial charge in [-0.3, -0.25) is 4.90 Å². The fourth-order valence-corrected chi connectivity index (χ4v) is 5.24. The van der Waals surface area contributed by atoms with E-state index in [1.807, 2.05) is 35.9 Å². The number of rotatable bonds is 4. The Morgan fingerprint density at radius 3 is 2.21 bits per heavy atom. The highest BCUT2D eigenvalue weighted by Crippen LogP contribution is 2.20. The molecule has 9 heteroatoms. The van der Waals surface area contributed by atoms with Crippen molar-refractivity contribution in [3.05, 3.63) is 59.1 Å². The molecule has 1 aliphatic rings. The van der Waals surface area contributed by atoms with Crippen molar-refractivity contribution in [1.29, 1.82) is 0 Å². The molecule has 2 heterocycles. The molecule has 0 atom stereocenters. The van der Waals surface area contributed by atoms with Gasteiger partial charge in [0.2, 0.25) is 10.0 Å². The zero-order valence-corrected chi connectivity index (χ0v) is 17.1. The summed E-state index contributed by atoms with van der Waals surface area (Å²) in [6.07, 6.45) is 0. The predicted molar refractivity (Wildman–Crippen MR) is 108 cm³/mol. The molecule has 2 aromatic carbocycles. The van der Waals surface area contributed by atoms with Crippen LogP contribution in [0.1, 0.15) is 0 Å². The number of aromatic nitrogens is 2. The smallest absolute Gasteiger partial charge is 0.243 e. The molecule has 0 aliphatic carbocycles. The van der Waals surface area contributed by atoms with E-state index in [2.05, 4.69) is 9.47 Å². The highest BCUT2D eigenvalue weighted by molar-refractivity contribution is 7.89. The van der Waals surface area contributed by atoms with Crippen LogP contribution in [-0.4, -0.2) is 52.9 Å². The third kappa shape index (κ3) is 3.39. The van der Waals surface area contributed by atoms with Gasteiger partial charge in [-0.15, -0.1) is 0 Å². The summed E-state index contributed by atoms with van der Waals surface area (Å²) in [7, 11) is -1.65. The van der Waals surface area contributed by atoms with Gasteiger partial charge in [-0.2, -0.15) is 4.31 Å². The topological polar surface area (TPSA) is 50.5 Å². The van der Waals surface area contributed by atoms with E-state index in [0.29, 0.717) is 32.8 Å². The molecule has 0 amide bonds. The van der Waals surface area contributed by atoms with Gasteiger partial charge in [-0.05, 0) is 48.6 Å². The van der Waals surface area contributed by atoms with Crippen molar-refractivity contribution in [2.45, 2.75) is 11.6 Å². The normalized spacial score (nSPS) is 16.6. The number of sulfonamides is 1. The van der Waals surface area contributed by atoms with Crippen LogP contribution in [0.3, 0.4) is 0 Å². The number of hydrogen-bond acceptors (Lipinski definition) is 4. The fraction of sp³-hybridized carbons (Fsp3) is 0.316. The molecule has 1 saturated heterocycles. The van der Waals surface area contributed by atoms with Crippen molar-refractivity contribution in [3.8, 4) is 0 Å². The van der Waals surface area contributed by atoms with Crippen LogP contribution < -0.4 is 0 Å². The van der Waals surface area contributed by atoms with Gasteiger partial charge in [0, 0.05) is 33.2 Å². The summed E-state index contributed by atoms with van der Waals surface area (Å²) < 4.78 is 44.9. The van der Waals surface area contributed by atoms with Gasteiger partial charge in [0.15, 0.2) is 4.77 Å². The van der Waals surface area contributed by atoms with E-state index in [4.69, 9.17) is 12.2 Å². The number of fused-ring (bicyclic) bond motifs is 1. The van der Waals surface area contributed by atoms with E-state index in [1.165, 1.54) is 28.6 Å². The molecule has 0 N–H and O–H groups in total. The van der Waals surface area contributed by atoms with Gasteiger partial charge in [-0.1, -0.05) is 12.1 Å². The Balaban J connectivity index is 1.49. The summed E-state index contributed by atoms with van der Waals surface area (Å²) >= 11 is 5.58. The van der Waals surface area contributed by atoms with Gasteiger partial charge in [-0.25, -0.2) is 12.8 Å². The number of nitrogens with zero attached hydrogens (tertiary/aromatic N) is 4. The van der Waals surface area contributed by atoms with Crippen LogP contribution in [0.2, 0.25) is 0 Å². The van der Waals surface area contributed by atoms with Crippen LogP contribution in [0.5, 0.6) is 0 Å². The number of halogens is 1. The van der Waals surface area contributed by atoms with Gasteiger partial charge in [0.05, 0.1) is 22.6 Å². The number of imidazole rings is 1. The van der Waals surface area contributed by atoms with E-state index in [0.717, 1.165) is 15.8 Å². The van der Waals surface area contributed by atoms with Gasteiger partial charge in [0.1, 0.15) is 5.82 Å². The van der Waals surface area contributed by atoms with Crippen LogP contribution in [-0.2, 0) is 23.7 Å². The third-order valence-corrected chi connectivity index (χ3v) is 7.58. The van der Waals surface area contributed by atoms with Crippen molar-refractivity contribution < 1.29 is 12.8 Å².